The topological polar surface area (TPSA) is 41.6 Å². The Morgan fingerprint density at radius 2 is 1.85 bits per heavy atom. The molecule has 2 aromatic rings. The van der Waals surface area contributed by atoms with Crippen molar-refractivity contribution in [2.45, 2.75) is 38.8 Å². The molecule has 0 spiro atoms. The Kier molecular flexibility index (Phi) is 6.82. The normalized spacial score (nSPS) is 15.5. The third-order valence-electron chi connectivity index (χ3n) is 4.90. The third-order valence-corrected chi connectivity index (χ3v) is 4.90. The molecule has 5 heteroatoms. The number of ether oxygens (including phenoxy) is 1. The van der Waals surface area contributed by atoms with E-state index >= 15 is 0 Å². The van der Waals surface area contributed by atoms with Crippen LogP contribution in [0.1, 0.15) is 42.1 Å². The minimum absolute atomic E-state index is 0.0985. The van der Waals surface area contributed by atoms with E-state index in [1.165, 1.54) is 12.1 Å². The fourth-order valence-electron chi connectivity index (χ4n) is 3.40. The number of para-hydroxylation sites is 1. The lowest BCUT2D eigenvalue weighted by atomic mass is 10.0. The molecule has 0 unspecified atom stereocenters. The van der Waals surface area contributed by atoms with Gasteiger partial charge in [-0.25, -0.2) is 4.39 Å². The van der Waals surface area contributed by atoms with Crippen LogP contribution in [0.5, 0.6) is 5.75 Å². The molecule has 1 aliphatic rings. The largest absolute Gasteiger partial charge is 0.488 e. The number of nitrogens with zero attached hydrogens (tertiary/aromatic N) is 1. The van der Waals surface area contributed by atoms with Crippen molar-refractivity contribution in [1.29, 1.82) is 0 Å². The van der Waals surface area contributed by atoms with E-state index in [4.69, 9.17) is 4.74 Å². The maximum atomic E-state index is 13.0. The summed E-state index contributed by atoms with van der Waals surface area (Å²) in [7, 11) is 0. The monoisotopic (exact) mass is 370 g/mol. The number of carbonyl (C=O) groups is 1. The summed E-state index contributed by atoms with van der Waals surface area (Å²) in [5, 5.41) is 3.15. The Morgan fingerprint density at radius 1 is 1.15 bits per heavy atom. The lowest BCUT2D eigenvalue weighted by Gasteiger charge is -2.32. The Morgan fingerprint density at radius 3 is 2.56 bits per heavy atom. The van der Waals surface area contributed by atoms with Gasteiger partial charge in [0.2, 0.25) is 0 Å². The smallest absolute Gasteiger partial charge is 0.255 e. The van der Waals surface area contributed by atoms with E-state index in [-0.39, 0.29) is 17.8 Å². The first kappa shape index (κ1) is 19.4. The van der Waals surface area contributed by atoms with Gasteiger partial charge in [-0.3, -0.25) is 4.79 Å². The SMILES string of the molecule is CCCN1CCC(NC(=O)c2ccccc2OCc2ccc(F)cc2)CC1. The van der Waals surface area contributed by atoms with Gasteiger partial charge in [0.05, 0.1) is 5.56 Å². The van der Waals surface area contributed by atoms with Crippen LogP contribution in [-0.4, -0.2) is 36.5 Å². The van der Waals surface area contributed by atoms with E-state index < -0.39 is 0 Å². The van der Waals surface area contributed by atoms with E-state index in [9.17, 15) is 9.18 Å². The van der Waals surface area contributed by atoms with Gasteiger partial charge in [0.15, 0.2) is 0 Å². The lowest BCUT2D eigenvalue weighted by Crippen LogP contribution is -2.44. The Bertz CT molecular complexity index is 740. The molecule has 27 heavy (non-hydrogen) atoms. The van der Waals surface area contributed by atoms with Crippen LogP contribution >= 0.6 is 0 Å². The zero-order chi connectivity index (χ0) is 19.1. The molecule has 0 aromatic heterocycles. The van der Waals surface area contributed by atoms with E-state index in [2.05, 4.69) is 17.1 Å². The fourth-order valence-corrected chi connectivity index (χ4v) is 3.40. The van der Waals surface area contributed by atoms with E-state index in [0.717, 1.165) is 44.5 Å². The second-order valence-electron chi connectivity index (χ2n) is 7.00. The Hall–Kier alpha value is -2.40. The first-order valence-corrected chi connectivity index (χ1v) is 9.65. The molecule has 2 aromatic carbocycles. The number of likely N-dealkylation sites (tertiary alicyclic amines) is 1. The number of carbonyl (C=O) groups excluding carboxylic acids is 1. The molecular weight excluding hydrogens is 343 g/mol. The highest BCUT2D eigenvalue weighted by atomic mass is 19.1. The summed E-state index contributed by atoms with van der Waals surface area (Å²) in [5.74, 6) is 0.171. The summed E-state index contributed by atoms with van der Waals surface area (Å²) in [6.07, 6.45) is 3.12. The number of hydrogen-bond donors (Lipinski definition) is 1. The molecule has 1 saturated heterocycles. The number of benzene rings is 2. The zero-order valence-electron chi connectivity index (χ0n) is 15.8. The van der Waals surface area contributed by atoms with Gasteiger partial charge in [0.25, 0.3) is 5.91 Å². The van der Waals surface area contributed by atoms with Gasteiger partial charge < -0.3 is 15.0 Å². The quantitative estimate of drug-likeness (QED) is 0.801. The van der Waals surface area contributed by atoms with Gasteiger partial charge >= 0.3 is 0 Å². The predicted molar refractivity (Wildman–Crippen MR) is 104 cm³/mol. The summed E-state index contributed by atoms with van der Waals surface area (Å²) in [4.78, 5) is 15.2. The summed E-state index contributed by atoms with van der Waals surface area (Å²) < 4.78 is 18.8. The summed E-state index contributed by atoms with van der Waals surface area (Å²) in [6.45, 7) is 5.67. The number of rotatable bonds is 7. The van der Waals surface area contributed by atoms with Crippen molar-refractivity contribution in [1.82, 2.24) is 10.2 Å². The van der Waals surface area contributed by atoms with Crippen LogP contribution in [0.4, 0.5) is 4.39 Å². The Balaban J connectivity index is 1.58. The molecular formula is C22H27FN2O2. The number of nitrogens with one attached hydrogen (secondary N) is 1. The van der Waals surface area contributed by atoms with Crippen LogP contribution in [0, 0.1) is 5.82 Å². The van der Waals surface area contributed by atoms with Crippen molar-refractivity contribution in [3.05, 3.63) is 65.5 Å². The average molecular weight is 370 g/mol. The van der Waals surface area contributed by atoms with Crippen LogP contribution < -0.4 is 10.1 Å². The van der Waals surface area contributed by atoms with Gasteiger partial charge in [0.1, 0.15) is 18.2 Å². The van der Waals surface area contributed by atoms with Crippen LogP contribution in [0.2, 0.25) is 0 Å². The molecule has 0 saturated carbocycles. The summed E-state index contributed by atoms with van der Waals surface area (Å²) in [6, 6.07) is 13.6. The molecule has 0 atom stereocenters. The highest BCUT2D eigenvalue weighted by Gasteiger charge is 2.22. The van der Waals surface area contributed by atoms with E-state index in [1.807, 2.05) is 12.1 Å². The van der Waals surface area contributed by atoms with Crippen LogP contribution in [0.25, 0.3) is 0 Å². The third kappa shape index (κ3) is 5.54. The molecule has 4 nitrogen and oxygen atoms in total. The van der Waals surface area contributed by atoms with Crippen LogP contribution in [0.3, 0.4) is 0 Å². The van der Waals surface area contributed by atoms with Crippen LogP contribution in [-0.2, 0) is 6.61 Å². The molecule has 1 aliphatic heterocycles. The first-order chi connectivity index (χ1) is 13.2. The number of halogens is 1. The molecule has 1 N–H and O–H groups in total. The highest BCUT2D eigenvalue weighted by molar-refractivity contribution is 5.97. The number of amides is 1. The molecule has 144 valence electrons. The van der Waals surface area contributed by atoms with Crippen molar-refractivity contribution in [2.24, 2.45) is 0 Å². The van der Waals surface area contributed by atoms with E-state index in [1.54, 1.807) is 24.3 Å². The van der Waals surface area contributed by atoms with Crippen molar-refractivity contribution in [3.8, 4) is 5.75 Å². The molecule has 0 aliphatic carbocycles. The van der Waals surface area contributed by atoms with Crippen molar-refractivity contribution in [2.75, 3.05) is 19.6 Å². The maximum absolute atomic E-state index is 13.0. The lowest BCUT2D eigenvalue weighted by molar-refractivity contribution is 0.0906. The first-order valence-electron chi connectivity index (χ1n) is 9.65. The predicted octanol–water partition coefficient (Wildman–Crippen LogP) is 4.01. The van der Waals surface area contributed by atoms with Crippen molar-refractivity contribution >= 4 is 5.91 Å². The molecule has 3 rings (SSSR count). The van der Waals surface area contributed by atoms with Gasteiger partial charge in [-0.05, 0) is 55.6 Å². The zero-order valence-corrected chi connectivity index (χ0v) is 15.8. The number of piperidine rings is 1. The minimum Gasteiger partial charge on any atom is -0.488 e. The number of hydrogen-bond acceptors (Lipinski definition) is 3. The van der Waals surface area contributed by atoms with Gasteiger partial charge in [-0.2, -0.15) is 0 Å². The van der Waals surface area contributed by atoms with Gasteiger partial charge in [-0.15, -0.1) is 0 Å². The molecule has 1 amide bonds. The maximum Gasteiger partial charge on any atom is 0.255 e. The Labute approximate surface area is 160 Å². The molecule has 1 heterocycles. The van der Waals surface area contributed by atoms with Crippen molar-refractivity contribution < 1.29 is 13.9 Å². The van der Waals surface area contributed by atoms with Gasteiger partial charge in [-0.1, -0.05) is 31.2 Å². The minimum atomic E-state index is -0.275. The average Bonchev–Trinajstić information content (AvgIpc) is 2.69. The second kappa shape index (κ2) is 9.51. The van der Waals surface area contributed by atoms with Gasteiger partial charge in [0, 0.05) is 19.1 Å². The summed E-state index contributed by atoms with van der Waals surface area (Å²) in [5.41, 5.74) is 1.39. The van der Waals surface area contributed by atoms with Crippen molar-refractivity contribution in [3.63, 3.8) is 0 Å². The second-order valence-corrected chi connectivity index (χ2v) is 7.00. The van der Waals surface area contributed by atoms with E-state index in [0.29, 0.717) is 17.9 Å². The van der Waals surface area contributed by atoms with Crippen LogP contribution in [0.15, 0.2) is 48.5 Å². The molecule has 0 bridgehead atoms. The fraction of sp³-hybridized carbons (Fsp3) is 0.409. The standard InChI is InChI=1S/C22H27FN2O2/c1-2-13-25-14-11-19(12-15-25)24-22(26)20-5-3-4-6-21(20)27-16-17-7-9-18(23)10-8-17/h3-10,19H,2,11-16H2,1H3,(H,24,26). The highest BCUT2D eigenvalue weighted by Crippen LogP contribution is 2.20. The molecule has 1 fully saturated rings. The molecule has 0 radical (unpaired) electrons. The summed E-state index contributed by atoms with van der Waals surface area (Å²) >= 11 is 0.